The molecular formula is C22H29BN6O. The fraction of sp³-hybridized carbons (Fsp3) is 0.455. The Morgan fingerprint density at radius 3 is 2.73 bits per heavy atom. The third-order valence-corrected chi connectivity index (χ3v) is 7.47. The molecule has 0 aromatic carbocycles. The van der Waals surface area contributed by atoms with Gasteiger partial charge in [0, 0.05) is 31.2 Å². The van der Waals surface area contributed by atoms with Crippen molar-refractivity contribution in [1.29, 1.82) is 0 Å². The Labute approximate surface area is 177 Å². The highest BCUT2D eigenvalue weighted by Crippen LogP contribution is 2.57. The van der Waals surface area contributed by atoms with E-state index < -0.39 is 0 Å². The average molecular weight is 404 g/mol. The van der Waals surface area contributed by atoms with Crippen LogP contribution < -0.4 is 10.6 Å². The lowest BCUT2D eigenvalue weighted by molar-refractivity contribution is 0.0897. The first-order valence-electron chi connectivity index (χ1n) is 10.5. The van der Waals surface area contributed by atoms with Gasteiger partial charge in [-0.1, -0.05) is 46.9 Å². The smallest absolute Gasteiger partial charge is 0.256 e. The zero-order valence-electron chi connectivity index (χ0n) is 18.3. The Morgan fingerprint density at radius 2 is 2.07 bits per heavy atom. The summed E-state index contributed by atoms with van der Waals surface area (Å²) in [7, 11) is 0. The van der Waals surface area contributed by atoms with E-state index >= 15 is 0 Å². The molecule has 1 aliphatic rings. The van der Waals surface area contributed by atoms with Gasteiger partial charge in [0.05, 0.1) is 6.20 Å². The second-order valence-corrected chi connectivity index (χ2v) is 9.46. The van der Waals surface area contributed by atoms with E-state index in [-0.39, 0.29) is 22.7 Å². The monoisotopic (exact) mass is 404 g/mol. The number of carbonyl (C=O) groups excluding carboxylic acids is 1. The molecule has 8 heteroatoms. The summed E-state index contributed by atoms with van der Waals surface area (Å²) in [6, 6.07) is 5.86. The minimum atomic E-state index is -0.120. The number of hydrogen-bond acceptors (Lipinski definition) is 5. The van der Waals surface area contributed by atoms with E-state index in [4.69, 9.17) is 0 Å². The quantitative estimate of drug-likeness (QED) is 0.633. The van der Waals surface area contributed by atoms with Crippen LogP contribution in [0.5, 0.6) is 0 Å². The fourth-order valence-corrected chi connectivity index (χ4v) is 4.33. The zero-order chi connectivity index (χ0) is 21.5. The Morgan fingerprint density at radius 1 is 1.27 bits per heavy atom. The molecule has 3 aromatic rings. The topological polar surface area (TPSA) is 84.2 Å². The first-order chi connectivity index (χ1) is 14.2. The molecule has 1 amide bonds. The SMILES string of the molecule is CB1CC(NC(=O)c2cnn3ccc(NCc4cccnc4)nc23)C(C)(C)C1(C)C. The number of nitrogens with zero attached hydrogens (tertiary/aromatic N) is 4. The van der Waals surface area contributed by atoms with E-state index in [0.29, 0.717) is 30.3 Å². The Bertz CT molecular complexity index is 1060. The number of anilines is 1. The van der Waals surface area contributed by atoms with Crippen LogP contribution in [0.4, 0.5) is 5.82 Å². The molecule has 2 N–H and O–H groups in total. The molecule has 30 heavy (non-hydrogen) atoms. The summed E-state index contributed by atoms with van der Waals surface area (Å²) in [5.41, 5.74) is 2.10. The first kappa shape index (κ1) is 20.4. The lowest BCUT2D eigenvalue weighted by atomic mass is 9.35. The van der Waals surface area contributed by atoms with Crippen molar-refractivity contribution in [3.8, 4) is 0 Å². The summed E-state index contributed by atoms with van der Waals surface area (Å²) in [5.74, 6) is 0.571. The number of fused-ring (bicyclic) bond motifs is 1. The molecule has 7 nitrogen and oxygen atoms in total. The number of rotatable bonds is 5. The maximum Gasteiger partial charge on any atom is 0.256 e. The van der Waals surface area contributed by atoms with Crippen LogP contribution in [0, 0.1) is 5.41 Å². The molecule has 0 spiro atoms. The summed E-state index contributed by atoms with van der Waals surface area (Å²) in [4.78, 5) is 21.9. The minimum absolute atomic E-state index is 0.00505. The number of aromatic nitrogens is 4. The van der Waals surface area contributed by atoms with Crippen molar-refractivity contribution in [2.24, 2.45) is 5.41 Å². The number of carbonyl (C=O) groups is 1. The van der Waals surface area contributed by atoms with Crippen LogP contribution >= 0.6 is 0 Å². The molecule has 0 bridgehead atoms. The van der Waals surface area contributed by atoms with Crippen molar-refractivity contribution in [3.05, 3.63) is 54.1 Å². The van der Waals surface area contributed by atoms with Gasteiger partial charge in [0.2, 0.25) is 0 Å². The predicted octanol–water partition coefficient (Wildman–Crippen LogP) is 3.78. The normalized spacial score (nSPS) is 19.8. The molecule has 1 aliphatic heterocycles. The van der Waals surface area contributed by atoms with Crippen LogP contribution in [0.15, 0.2) is 43.0 Å². The number of hydrogen-bond donors (Lipinski definition) is 2. The van der Waals surface area contributed by atoms with Gasteiger partial charge in [-0.3, -0.25) is 9.78 Å². The highest BCUT2D eigenvalue weighted by molar-refractivity contribution is 6.62. The largest absolute Gasteiger partial charge is 0.366 e. The van der Waals surface area contributed by atoms with Gasteiger partial charge in [0.1, 0.15) is 18.1 Å². The van der Waals surface area contributed by atoms with Crippen LogP contribution in [-0.4, -0.2) is 38.2 Å². The van der Waals surface area contributed by atoms with Crippen molar-refractivity contribution in [1.82, 2.24) is 24.9 Å². The highest BCUT2D eigenvalue weighted by atomic mass is 16.1. The third-order valence-electron chi connectivity index (χ3n) is 7.47. The Balaban J connectivity index is 1.53. The van der Waals surface area contributed by atoms with Crippen LogP contribution in [0.3, 0.4) is 0 Å². The highest BCUT2D eigenvalue weighted by Gasteiger charge is 2.54. The summed E-state index contributed by atoms with van der Waals surface area (Å²) >= 11 is 0. The average Bonchev–Trinajstić information content (AvgIpc) is 3.20. The van der Waals surface area contributed by atoms with Crippen LogP contribution in [0.2, 0.25) is 18.5 Å². The number of pyridine rings is 1. The summed E-state index contributed by atoms with van der Waals surface area (Å²) in [5, 5.41) is 11.0. The van der Waals surface area contributed by atoms with E-state index in [1.165, 1.54) is 0 Å². The summed E-state index contributed by atoms with van der Waals surface area (Å²) in [6.45, 7) is 12.5. The third kappa shape index (κ3) is 3.44. The molecule has 1 fully saturated rings. The van der Waals surface area contributed by atoms with Gasteiger partial charge in [-0.25, -0.2) is 9.50 Å². The predicted molar refractivity (Wildman–Crippen MR) is 120 cm³/mol. The molecule has 3 aromatic heterocycles. The van der Waals surface area contributed by atoms with Gasteiger partial charge in [-0.15, -0.1) is 0 Å². The van der Waals surface area contributed by atoms with Crippen molar-refractivity contribution >= 4 is 24.1 Å². The van der Waals surface area contributed by atoms with Crippen molar-refractivity contribution in [2.45, 2.75) is 58.7 Å². The standard InChI is InChI=1S/C22H29BN6O/c1-21(2)17(11-23(5)22(21,3)4)27-20(30)16-14-26-29-10-8-18(28-19(16)29)25-13-15-7-6-9-24-12-15/h6-10,12,14,17H,11,13H2,1-5H3,(H,25,28)(H,27,30). The summed E-state index contributed by atoms with van der Waals surface area (Å²) < 4.78 is 1.64. The lowest BCUT2D eigenvalue weighted by Crippen LogP contribution is -2.44. The molecule has 4 rings (SSSR count). The van der Waals surface area contributed by atoms with Crippen molar-refractivity contribution in [3.63, 3.8) is 0 Å². The maximum absolute atomic E-state index is 13.1. The summed E-state index contributed by atoms with van der Waals surface area (Å²) in [6.07, 6.45) is 7.94. The molecule has 4 heterocycles. The molecule has 0 saturated carbocycles. The van der Waals surface area contributed by atoms with Crippen LogP contribution in [0.1, 0.15) is 43.6 Å². The van der Waals surface area contributed by atoms with Gasteiger partial charge in [-0.2, -0.15) is 5.10 Å². The van der Waals surface area contributed by atoms with E-state index in [1.807, 2.05) is 30.6 Å². The van der Waals surface area contributed by atoms with Gasteiger partial charge < -0.3 is 10.6 Å². The van der Waals surface area contributed by atoms with Gasteiger partial charge >= 0.3 is 0 Å². The Hall–Kier alpha value is -2.90. The molecule has 1 unspecified atom stereocenters. The molecule has 1 saturated heterocycles. The number of amides is 1. The van der Waals surface area contributed by atoms with E-state index in [1.54, 1.807) is 16.9 Å². The zero-order valence-corrected chi connectivity index (χ0v) is 18.3. The molecular weight excluding hydrogens is 375 g/mol. The molecule has 0 radical (unpaired) electrons. The number of nitrogens with one attached hydrogen (secondary N) is 2. The Kier molecular flexibility index (Phi) is 5.04. The maximum atomic E-state index is 13.1. The molecule has 156 valence electrons. The lowest BCUT2D eigenvalue weighted by Gasteiger charge is -2.41. The molecule has 1 atom stereocenters. The van der Waals surface area contributed by atoms with Crippen molar-refractivity contribution < 1.29 is 4.79 Å². The fourth-order valence-electron chi connectivity index (χ4n) is 4.33. The van der Waals surface area contributed by atoms with Crippen LogP contribution in [0.25, 0.3) is 5.65 Å². The van der Waals surface area contributed by atoms with Crippen LogP contribution in [-0.2, 0) is 6.54 Å². The molecule has 0 aliphatic carbocycles. The van der Waals surface area contributed by atoms with E-state index in [9.17, 15) is 4.79 Å². The van der Waals surface area contributed by atoms with E-state index in [0.717, 1.165) is 11.9 Å². The van der Waals surface area contributed by atoms with Crippen molar-refractivity contribution in [2.75, 3.05) is 5.32 Å². The minimum Gasteiger partial charge on any atom is -0.366 e. The van der Waals surface area contributed by atoms with Gasteiger partial charge in [0.15, 0.2) is 5.65 Å². The second kappa shape index (κ2) is 7.41. The van der Waals surface area contributed by atoms with Gasteiger partial charge in [-0.05, 0) is 28.4 Å². The second-order valence-electron chi connectivity index (χ2n) is 9.46. The van der Waals surface area contributed by atoms with E-state index in [2.05, 4.69) is 60.2 Å². The first-order valence-corrected chi connectivity index (χ1v) is 10.5. The van der Waals surface area contributed by atoms with Gasteiger partial charge in [0.25, 0.3) is 5.91 Å².